The number of nitrogens with zero attached hydrogens (tertiary/aromatic N) is 3. The number of aliphatic hydroxyl groups is 2. The van der Waals surface area contributed by atoms with Gasteiger partial charge < -0.3 is 15.5 Å². The average Bonchev–Trinajstić information content (AvgIpc) is 3.36. The smallest absolute Gasteiger partial charge is 0.220 e. The molecule has 0 spiro atoms. The first kappa shape index (κ1) is 21.7. The number of carbonyl (C=O) groups is 1. The van der Waals surface area contributed by atoms with Crippen LogP contribution in [0.25, 0.3) is 5.69 Å². The van der Waals surface area contributed by atoms with Crippen LogP contribution in [-0.2, 0) is 11.2 Å². The first-order valence-corrected chi connectivity index (χ1v) is 10.9. The topological polar surface area (TPSA) is 100 Å². The Hall–Kier alpha value is -1.97. The van der Waals surface area contributed by atoms with Gasteiger partial charge in [-0.05, 0) is 43.0 Å². The molecule has 0 radical (unpaired) electrons. The van der Waals surface area contributed by atoms with E-state index in [1.54, 1.807) is 16.7 Å². The maximum absolute atomic E-state index is 13.3. The molecule has 7 nitrogen and oxygen atoms in total. The lowest BCUT2D eigenvalue weighted by molar-refractivity contribution is -0.121. The molecule has 3 N–H and O–H groups in total. The van der Waals surface area contributed by atoms with Gasteiger partial charge in [0.25, 0.3) is 0 Å². The van der Waals surface area contributed by atoms with Gasteiger partial charge in [0.1, 0.15) is 11.6 Å². The third-order valence-corrected chi connectivity index (χ3v) is 6.09. The maximum atomic E-state index is 13.3. The summed E-state index contributed by atoms with van der Waals surface area (Å²) in [6.07, 6.45) is 4.87. The predicted molar refractivity (Wildman–Crippen MR) is 108 cm³/mol. The van der Waals surface area contributed by atoms with E-state index in [2.05, 4.69) is 15.5 Å². The highest BCUT2D eigenvalue weighted by Crippen LogP contribution is 2.27. The Morgan fingerprint density at radius 3 is 2.69 bits per heavy atom. The number of rotatable bonds is 10. The Labute approximate surface area is 173 Å². The summed E-state index contributed by atoms with van der Waals surface area (Å²) in [6.45, 7) is 0.104. The van der Waals surface area contributed by atoms with Gasteiger partial charge in [0.15, 0.2) is 5.16 Å². The van der Waals surface area contributed by atoms with Crippen LogP contribution in [0.2, 0.25) is 0 Å². The molecule has 9 heteroatoms. The number of aliphatic hydroxyl groups excluding tert-OH is 2. The molecule has 2 aromatic rings. The number of halogens is 1. The average molecular weight is 423 g/mol. The molecular formula is C20H27FN4O3S. The van der Waals surface area contributed by atoms with Gasteiger partial charge in [0.2, 0.25) is 5.91 Å². The first-order chi connectivity index (χ1) is 14.1. The number of amides is 1. The van der Waals surface area contributed by atoms with Crippen LogP contribution in [0.5, 0.6) is 0 Å². The summed E-state index contributed by atoms with van der Waals surface area (Å²) in [5.74, 6) is 1.11. The highest BCUT2D eigenvalue weighted by Gasteiger charge is 2.19. The minimum atomic E-state index is -0.864. The molecule has 158 valence electrons. The van der Waals surface area contributed by atoms with Crippen molar-refractivity contribution in [2.75, 3.05) is 18.9 Å². The Bertz CT molecular complexity index is 794. The van der Waals surface area contributed by atoms with Crippen molar-refractivity contribution >= 4 is 17.7 Å². The summed E-state index contributed by atoms with van der Waals surface area (Å²) in [5.41, 5.74) is 0.699. The standard InChI is InChI=1S/C20H27FN4O3S/c21-15-5-7-16(8-6-15)25-18(23-24-20(25)29-13-17(27)12-26)9-10-22-19(28)11-14-3-1-2-4-14/h5-8,14,17,26-27H,1-4,9-13H2,(H,22,28)/t17-/m0/s1. The second-order valence-electron chi connectivity index (χ2n) is 7.31. The van der Waals surface area contributed by atoms with E-state index < -0.39 is 6.10 Å². The number of hydrogen-bond donors (Lipinski definition) is 3. The number of aromatic nitrogens is 3. The highest BCUT2D eigenvalue weighted by molar-refractivity contribution is 7.99. The van der Waals surface area contributed by atoms with Crippen LogP contribution in [0.3, 0.4) is 0 Å². The molecule has 1 aromatic carbocycles. The van der Waals surface area contributed by atoms with Gasteiger partial charge in [-0.2, -0.15) is 0 Å². The monoisotopic (exact) mass is 422 g/mol. The molecule has 1 amide bonds. The van der Waals surface area contributed by atoms with E-state index in [0.29, 0.717) is 42.0 Å². The number of carbonyl (C=O) groups excluding carboxylic acids is 1. The van der Waals surface area contributed by atoms with Crippen LogP contribution in [0.1, 0.15) is 37.9 Å². The van der Waals surface area contributed by atoms with E-state index in [1.165, 1.54) is 36.7 Å². The molecule has 1 atom stereocenters. The molecule has 1 aliphatic carbocycles. The second-order valence-corrected chi connectivity index (χ2v) is 8.30. The lowest BCUT2D eigenvalue weighted by atomic mass is 10.0. The van der Waals surface area contributed by atoms with Crippen LogP contribution in [-0.4, -0.2) is 55.9 Å². The minimum absolute atomic E-state index is 0.0606. The van der Waals surface area contributed by atoms with Gasteiger partial charge in [-0.15, -0.1) is 10.2 Å². The molecular weight excluding hydrogens is 395 g/mol. The van der Waals surface area contributed by atoms with Crippen LogP contribution in [0.15, 0.2) is 29.4 Å². The lowest BCUT2D eigenvalue weighted by Gasteiger charge is -2.12. The minimum Gasteiger partial charge on any atom is -0.394 e. The van der Waals surface area contributed by atoms with Gasteiger partial charge >= 0.3 is 0 Å². The second kappa shape index (κ2) is 10.7. The molecule has 1 aromatic heterocycles. The first-order valence-electron chi connectivity index (χ1n) is 9.95. The summed E-state index contributed by atoms with van der Waals surface area (Å²) in [5, 5.41) is 30.5. The van der Waals surface area contributed by atoms with Crippen LogP contribution >= 0.6 is 11.8 Å². The van der Waals surface area contributed by atoms with Gasteiger partial charge in [0, 0.05) is 30.8 Å². The molecule has 1 fully saturated rings. The summed E-state index contributed by atoms with van der Waals surface area (Å²) in [4.78, 5) is 12.1. The summed E-state index contributed by atoms with van der Waals surface area (Å²) in [7, 11) is 0. The van der Waals surface area contributed by atoms with Gasteiger partial charge in [-0.1, -0.05) is 24.6 Å². The Balaban J connectivity index is 1.65. The largest absolute Gasteiger partial charge is 0.394 e. The van der Waals surface area contributed by atoms with Crippen molar-refractivity contribution in [3.05, 3.63) is 35.9 Å². The molecule has 1 heterocycles. The summed E-state index contributed by atoms with van der Waals surface area (Å²) in [6, 6.07) is 5.99. The van der Waals surface area contributed by atoms with E-state index in [0.717, 1.165) is 12.8 Å². The van der Waals surface area contributed by atoms with Crippen molar-refractivity contribution < 1.29 is 19.4 Å². The number of nitrogens with one attached hydrogen (secondary N) is 1. The number of benzene rings is 1. The van der Waals surface area contributed by atoms with E-state index in [1.807, 2.05) is 0 Å². The zero-order valence-corrected chi connectivity index (χ0v) is 17.1. The fourth-order valence-electron chi connectivity index (χ4n) is 3.49. The van der Waals surface area contributed by atoms with E-state index in [9.17, 15) is 14.3 Å². The SMILES string of the molecule is O=C(CC1CCCC1)NCCc1nnc(SC[C@@H](O)CO)n1-c1ccc(F)cc1. The molecule has 29 heavy (non-hydrogen) atoms. The maximum Gasteiger partial charge on any atom is 0.220 e. The quantitative estimate of drug-likeness (QED) is 0.507. The lowest BCUT2D eigenvalue weighted by Crippen LogP contribution is -2.27. The fraction of sp³-hybridized carbons (Fsp3) is 0.550. The molecule has 0 bridgehead atoms. The van der Waals surface area contributed by atoms with Gasteiger partial charge in [-0.3, -0.25) is 9.36 Å². The molecule has 0 unspecified atom stereocenters. The Kier molecular flexibility index (Phi) is 8.02. The van der Waals surface area contributed by atoms with Crippen LogP contribution in [0, 0.1) is 11.7 Å². The zero-order valence-electron chi connectivity index (χ0n) is 16.3. The zero-order chi connectivity index (χ0) is 20.6. The third kappa shape index (κ3) is 6.25. The van der Waals surface area contributed by atoms with E-state index in [4.69, 9.17) is 5.11 Å². The molecule has 3 rings (SSSR count). The normalized spacial score (nSPS) is 15.6. The van der Waals surface area contributed by atoms with Crippen molar-refractivity contribution in [3.63, 3.8) is 0 Å². The van der Waals surface area contributed by atoms with E-state index in [-0.39, 0.29) is 24.1 Å². The molecule has 0 saturated heterocycles. The van der Waals surface area contributed by atoms with Crippen molar-refractivity contribution in [1.29, 1.82) is 0 Å². The van der Waals surface area contributed by atoms with Crippen LogP contribution in [0.4, 0.5) is 4.39 Å². The highest BCUT2D eigenvalue weighted by atomic mass is 32.2. The number of thioether (sulfide) groups is 1. The van der Waals surface area contributed by atoms with Crippen molar-refractivity contribution in [3.8, 4) is 5.69 Å². The van der Waals surface area contributed by atoms with Crippen LogP contribution < -0.4 is 5.32 Å². The summed E-state index contributed by atoms with van der Waals surface area (Å²) < 4.78 is 15.1. The van der Waals surface area contributed by atoms with Crippen molar-refractivity contribution in [1.82, 2.24) is 20.1 Å². The summed E-state index contributed by atoms with van der Waals surface area (Å²) >= 11 is 1.26. The molecule has 1 aliphatic rings. The molecule has 1 saturated carbocycles. The fourth-order valence-corrected chi connectivity index (χ4v) is 4.38. The van der Waals surface area contributed by atoms with E-state index >= 15 is 0 Å². The van der Waals surface area contributed by atoms with Crippen molar-refractivity contribution in [2.24, 2.45) is 5.92 Å². The Morgan fingerprint density at radius 2 is 2.00 bits per heavy atom. The van der Waals surface area contributed by atoms with Gasteiger partial charge in [-0.25, -0.2) is 4.39 Å². The Morgan fingerprint density at radius 1 is 1.28 bits per heavy atom. The number of hydrogen-bond acceptors (Lipinski definition) is 6. The molecule has 0 aliphatic heterocycles. The third-order valence-electron chi connectivity index (χ3n) is 5.02. The van der Waals surface area contributed by atoms with Gasteiger partial charge in [0.05, 0.1) is 12.7 Å². The predicted octanol–water partition coefficient (Wildman–Crippen LogP) is 2.09. The van der Waals surface area contributed by atoms with Crippen molar-refractivity contribution in [2.45, 2.75) is 49.8 Å².